The maximum Gasteiger partial charge on any atom is 0.340 e. The lowest BCUT2D eigenvalue weighted by atomic mass is 10.2. The number of benzene rings is 2. The molecule has 2 aromatic rings. The lowest BCUT2D eigenvalue weighted by Crippen LogP contribution is -2.30. The molecule has 0 bridgehead atoms. The number of esters is 1. The molecule has 0 fully saturated rings. The first-order valence-corrected chi connectivity index (χ1v) is 8.39. The number of ether oxygens (including phenoxy) is 1. The van der Waals surface area contributed by atoms with Gasteiger partial charge in [0.1, 0.15) is 0 Å². The highest BCUT2D eigenvalue weighted by atomic mass is 32.2. The molecule has 0 aliphatic heterocycles. The summed E-state index contributed by atoms with van der Waals surface area (Å²) in [7, 11) is 0. The van der Waals surface area contributed by atoms with Crippen LogP contribution in [0.25, 0.3) is 0 Å². The minimum absolute atomic E-state index is 0.356. The number of carbonyl (C=O) groups is 2. The Bertz CT molecular complexity index is 673. The van der Waals surface area contributed by atoms with Gasteiger partial charge >= 0.3 is 5.97 Å². The largest absolute Gasteiger partial charge is 0.449 e. The number of carbonyl (C=O) groups excluding carboxylic acids is 2. The predicted molar refractivity (Wildman–Crippen MR) is 92.8 cm³/mol. The predicted octanol–water partition coefficient (Wildman–Crippen LogP) is 3.98. The summed E-state index contributed by atoms with van der Waals surface area (Å²) >= 11 is 1.57. The Hall–Kier alpha value is -2.27. The molecule has 0 aliphatic rings. The molecule has 5 heteroatoms. The third-order valence-electron chi connectivity index (χ3n) is 3.10. The summed E-state index contributed by atoms with van der Waals surface area (Å²) in [5.74, 6) is 0.0105. The van der Waals surface area contributed by atoms with Gasteiger partial charge in [0, 0.05) is 10.6 Å². The number of nitrogens with one attached hydrogen (secondary N) is 1. The summed E-state index contributed by atoms with van der Waals surface area (Å²) in [5.41, 5.74) is 1.15. The van der Waals surface area contributed by atoms with Crippen molar-refractivity contribution in [3.8, 4) is 0 Å². The van der Waals surface area contributed by atoms with Crippen molar-refractivity contribution in [2.45, 2.75) is 24.8 Å². The molecular formula is C18H19NO3S. The number of thioether (sulfide) groups is 1. The van der Waals surface area contributed by atoms with Gasteiger partial charge in [-0.05, 0) is 36.9 Å². The van der Waals surface area contributed by atoms with Gasteiger partial charge in [-0.25, -0.2) is 4.79 Å². The van der Waals surface area contributed by atoms with E-state index in [1.165, 1.54) is 0 Å². The van der Waals surface area contributed by atoms with Crippen molar-refractivity contribution in [1.82, 2.24) is 0 Å². The van der Waals surface area contributed by atoms with Crippen LogP contribution >= 0.6 is 11.8 Å². The van der Waals surface area contributed by atoms with Crippen molar-refractivity contribution in [3.05, 3.63) is 60.2 Å². The summed E-state index contributed by atoms with van der Waals surface area (Å²) in [6.45, 7) is 3.58. The molecule has 0 aliphatic carbocycles. The average Bonchev–Trinajstić information content (AvgIpc) is 2.56. The smallest absolute Gasteiger partial charge is 0.340 e. The first-order chi connectivity index (χ1) is 11.1. The van der Waals surface area contributed by atoms with Gasteiger partial charge in [0.05, 0.1) is 5.56 Å². The molecule has 0 unspecified atom stereocenters. The molecule has 120 valence electrons. The van der Waals surface area contributed by atoms with Gasteiger partial charge in [0.25, 0.3) is 5.91 Å². The van der Waals surface area contributed by atoms with Crippen molar-refractivity contribution in [3.63, 3.8) is 0 Å². The fraction of sp³-hybridized carbons (Fsp3) is 0.222. The van der Waals surface area contributed by atoms with Gasteiger partial charge in [-0.3, -0.25) is 4.79 Å². The van der Waals surface area contributed by atoms with E-state index in [1.807, 2.05) is 37.3 Å². The standard InChI is InChI=1S/C18H19NO3S/c1-3-23-16-12-8-7-11-15(16)18(21)22-13(2)17(20)19-14-9-5-4-6-10-14/h4-13H,3H2,1-2H3,(H,19,20)/t13-/m0/s1. The number of anilines is 1. The van der Waals surface area contributed by atoms with Gasteiger partial charge in [0.15, 0.2) is 6.10 Å². The summed E-state index contributed by atoms with van der Waals surface area (Å²) in [6, 6.07) is 16.3. The molecule has 0 saturated carbocycles. The van der Waals surface area contributed by atoms with Crippen LogP contribution in [-0.4, -0.2) is 23.7 Å². The van der Waals surface area contributed by atoms with E-state index in [4.69, 9.17) is 4.74 Å². The highest BCUT2D eigenvalue weighted by Gasteiger charge is 2.20. The summed E-state index contributed by atoms with van der Waals surface area (Å²) in [4.78, 5) is 25.2. The first kappa shape index (κ1) is 17.1. The lowest BCUT2D eigenvalue weighted by Gasteiger charge is -2.14. The maximum atomic E-state index is 12.3. The van der Waals surface area contributed by atoms with E-state index in [2.05, 4.69) is 5.32 Å². The van der Waals surface area contributed by atoms with E-state index in [9.17, 15) is 9.59 Å². The molecule has 0 radical (unpaired) electrons. The van der Waals surface area contributed by atoms with Crippen LogP contribution in [0.4, 0.5) is 5.69 Å². The molecule has 1 amide bonds. The van der Waals surface area contributed by atoms with Crippen LogP contribution in [0.15, 0.2) is 59.5 Å². The Labute approximate surface area is 140 Å². The molecular weight excluding hydrogens is 310 g/mol. The van der Waals surface area contributed by atoms with E-state index >= 15 is 0 Å². The van der Waals surface area contributed by atoms with Crippen molar-refractivity contribution < 1.29 is 14.3 Å². The van der Waals surface area contributed by atoms with E-state index in [0.717, 1.165) is 10.6 Å². The van der Waals surface area contributed by atoms with Gasteiger partial charge in [0.2, 0.25) is 0 Å². The topological polar surface area (TPSA) is 55.4 Å². The normalized spacial score (nSPS) is 11.6. The van der Waals surface area contributed by atoms with Crippen molar-refractivity contribution in [1.29, 1.82) is 0 Å². The summed E-state index contributed by atoms with van der Waals surface area (Å²) < 4.78 is 5.29. The van der Waals surface area contributed by atoms with Gasteiger partial charge in [-0.1, -0.05) is 37.3 Å². The second-order valence-electron chi connectivity index (χ2n) is 4.83. The zero-order valence-electron chi connectivity index (χ0n) is 13.1. The van der Waals surface area contributed by atoms with E-state index in [1.54, 1.807) is 43.0 Å². The third kappa shape index (κ3) is 4.86. The number of para-hydroxylation sites is 1. The zero-order valence-corrected chi connectivity index (χ0v) is 13.9. The molecule has 2 rings (SSSR count). The van der Waals surface area contributed by atoms with Crippen LogP contribution in [0.3, 0.4) is 0 Å². The fourth-order valence-corrected chi connectivity index (χ4v) is 2.75. The minimum atomic E-state index is -0.873. The van der Waals surface area contributed by atoms with Crippen LogP contribution in [0.5, 0.6) is 0 Å². The highest BCUT2D eigenvalue weighted by Crippen LogP contribution is 2.23. The maximum absolute atomic E-state index is 12.3. The molecule has 1 N–H and O–H groups in total. The van der Waals surface area contributed by atoms with Crippen molar-refractivity contribution in [2.75, 3.05) is 11.1 Å². The second kappa shape index (κ2) is 8.39. The zero-order chi connectivity index (χ0) is 16.7. The molecule has 2 aromatic carbocycles. The van der Waals surface area contributed by atoms with Crippen LogP contribution in [0, 0.1) is 0 Å². The second-order valence-corrected chi connectivity index (χ2v) is 6.14. The van der Waals surface area contributed by atoms with Crippen LogP contribution in [0.1, 0.15) is 24.2 Å². The van der Waals surface area contributed by atoms with Gasteiger partial charge in [-0.2, -0.15) is 0 Å². The monoisotopic (exact) mass is 329 g/mol. The van der Waals surface area contributed by atoms with Crippen LogP contribution in [-0.2, 0) is 9.53 Å². The fourth-order valence-electron chi connectivity index (χ4n) is 1.96. The number of rotatable bonds is 6. The van der Waals surface area contributed by atoms with Crippen LogP contribution < -0.4 is 5.32 Å². The molecule has 0 saturated heterocycles. The molecule has 0 heterocycles. The highest BCUT2D eigenvalue weighted by molar-refractivity contribution is 7.99. The lowest BCUT2D eigenvalue weighted by molar-refractivity contribution is -0.123. The van der Waals surface area contributed by atoms with E-state index in [-0.39, 0.29) is 5.91 Å². The number of hydrogen-bond acceptors (Lipinski definition) is 4. The van der Waals surface area contributed by atoms with Crippen molar-refractivity contribution >= 4 is 29.3 Å². The SMILES string of the molecule is CCSc1ccccc1C(=O)O[C@@H](C)C(=O)Nc1ccccc1. The van der Waals surface area contributed by atoms with Gasteiger partial charge in [-0.15, -0.1) is 11.8 Å². The number of amides is 1. The molecule has 0 spiro atoms. The van der Waals surface area contributed by atoms with E-state index < -0.39 is 12.1 Å². The Kier molecular flexibility index (Phi) is 6.23. The average molecular weight is 329 g/mol. The van der Waals surface area contributed by atoms with Gasteiger partial charge < -0.3 is 10.1 Å². The summed E-state index contributed by atoms with van der Waals surface area (Å²) in [6.07, 6.45) is -0.873. The molecule has 4 nitrogen and oxygen atoms in total. The Morgan fingerprint density at radius 2 is 1.74 bits per heavy atom. The molecule has 0 aromatic heterocycles. The Morgan fingerprint density at radius 1 is 1.09 bits per heavy atom. The molecule has 1 atom stereocenters. The molecule has 23 heavy (non-hydrogen) atoms. The Morgan fingerprint density at radius 3 is 2.43 bits per heavy atom. The van der Waals surface area contributed by atoms with Crippen molar-refractivity contribution in [2.24, 2.45) is 0 Å². The number of hydrogen-bond donors (Lipinski definition) is 1. The van der Waals surface area contributed by atoms with Crippen LogP contribution in [0.2, 0.25) is 0 Å². The van der Waals surface area contributed by atoms with E-state index in [0.29, 0.717) is 11.3 Å². The minimum Gasteiger partial charge on any atom is -0.449 e. The third-order valence-corrected chi connectivity index (χ3v) is 4.06. The summed E-state index contributed by atoms with van der Waals surface area (Å²) in [5, 5.41) is 2.72. The Balaban J connectivity index is 2.01. The quantitative estimate of drug-likeness (QED) is 0.643. The first-order valence-electron chi connectivity index (χ1n) is 7.40.